The molecule has 0 spiro atoms. The minimum Gasteiger partial charge on any atom is -0.387 e. The van der Waals surface area contributed by atoms with E-state index in [0.717, 1.165) is 46.5 Å². The molecular formula is C31H36N6O3. The number of aliphatic hydroxyl groups is 1. The van der Waals surface area contributed by atoms with E-state index >= 15 is 0 Å². The lowest BCUT2D eigenvalue weighted by Gasteiger charge is -2.32. The van der Waals surface area contributed by atoms with Crippen LogP contribution in [0.15, 0.2) is 49.2 Å². The average Bonchev–Trinajstić information content (AvgIpc) is 3.20. The molecule has 208 valence electrons. The summed E-state index contributed by atoms with van der Waals surface area (Å²) in [6, 6.07) is 12.3. The molecule has 0 radical (unpaired) electrons. The van der Waals surface area contributed by atoms with Gasteiger partial charge in [0, 0.05) is 42.8 Å². The van der Waals surface area contributed by atoms with Crippen molar-refractivity contribution in [3.63, 3.8) is 0 Å². The van der Waals surface area contributed by atoms with Gasteiger partial charge in [0.05, 0.1) is 5.41 Å². The van der Waals surface area contributed by atoms with Gasteiger partial charge in [-0.05, 0) is 73.9 Å². The van der Waals surface area contributed by atoms with Gasteiger partial charge in [0.25, 0.3) is 0 Å². The molecule has 0 saturated carbocycles. The van der Waals surface area contributed by atoms with Gasteiger partial charge in [0.15, 0.2) is 0 Å². The van der Waals surface area contributed by atoms with Gasteiger partial charge in [-0.2, -0.15) is 4.98 Å². The van der Waals surface area contributed by atoms with Crippen molar-refractivity contribution in [1.82, 2.24) is 14.9 Å². The molecule has 0 bridgehead atoms. The molecule has 3 heterocycles. The van der Waals surface area contributed by atoms with E-state index in [-0.39, 0.29) is 11.8 Å². The molecule has 1 aromatic heterocycles. The van der Waals surface area contributed by atoms with Crippen molar-refractivity contribution in [2.24, 2.45) is 0 Å². The van der Waals surface area contributed by atoms with Crippen LogP contribution in [0.25, 0.3) is 6.08 Å². The van der Waals surface area contributed by atoms with Crippen LogP contribution in [-0.2, 0) is 21.5 Å². The van der Waals surface area contributed by atoms with Gasteiger partial charge >= 0.3 is 0 Å². The first-order valence-electron chi connectivity index (χ1n) is 13.6. The summed E-state index contributed by atoms with van der Waals surface area (Å²) < 4.78 is 0. The van der Waals surface area contributed by atoms with Crippen LogP contribution in [0.3, 0.4) is 0 Å². The Morgan fingerprint density at radius 2 is 2.02 bits per heavy atom. The van der Waals surface area contributed by atoms with E-state index in [2.05, 4.69) is 46.6 Å². The molecule has 2 aliphatic heterocycles. The molecule has 3 aromatic rings. The summed E-state index contributed by atoms with van der Waals surface area (Å²) in [5, 5.41) is 18.9. The van der Waals surface area contributed by atoms with Crippen molar-refractivity contribution < 1.29 is 14.7 Å². The number of hydrogen-bond donors (Lipinski definition) is 4. The van der Waals surface area contributed by atoms with Gasteiger partial charge in [-0.15, -0.1) is 0 Å². The summed E-state index contributed by atoms with van der Waals surface area (Å²) in [5.74, 6) is 1.30. The Balaban J connectivity index is 1.29. The highest BCUT2D eigenvalue weighted by Gasteiger charge is 2.39. The van der Waals surface area contributed by atoms with Crippen molar-refractivity contribution in [2.75, 3.05) is 35.6 Å². The molecule has 0 aliphatic carbocycles. The number of benzene rings is 2. The van der Waals surface area contributed by atoms with Gasteiger partial charge < -0.3 is 26.0 Å². The summed E-state index contributed by atoms with van der Waals surface area (Å²) in [5.41, 5.74) is 6.30. The van der Waals surface area contributed by atoms with E-state index in [9.17, 15) is 9.59 Å². The van der Waals surface area contributed by atoms with Gasteiger partial charge in [0.1, 0.15) is 12.4 Å². The predicted octanol–water partition coefficient (Wildman–Crippen LogP) is 4.71. The lowest BCUT2D eigenvalue weighted by atomic mass is 9.83. The smallest absolute Gasteiger partial charge is 0.248 e. The Morgan fingerprint density at radius 3 is 2.73 bits per heavy atom. The fourth-order valence-electron chi connectivity index (χ4n) is 5.67. The number of anilines is 4. The lowest BCUT2D eigenvalue weighted by molar-refractivity contribution is -0.135. The number of carbonyl (C=O) groups excluding carboxylic acids is 2. The molecular weight excluding hydrogens is 504 g/mol. The summed E-state index contributed by atoms with van der Waals surface area (Å²) in [6.45, 7) is 11.2. The van der Waals surface area contributed by atoms with E-state index in [1.54, 1.807) is 17.2 Å². The van der Waals surface area contributed by atoms with E-state index in [0.29, 0.717) is 37.3 Å². The summed E-state index contributed by atoms with van der Waals surface area (Å²) in [7, 11) is 0. The zero-order valence-electron chi connectivity index (χ0n) is 23.3. The number of aryl methyl sites for hydroxylation is 1. The third kappa shape index (κ3) is 5.29. The van der Waals surface area contributed by atoms with E-state index in [4.69, 9.17) is 10.1 Å². The predicted molar refractivity (Wildman–Crippen MR) is 158 cm³/mol. The minimum absolute atomic E-state index is 0.00102. The molecule has 1 saturated heterocycles. The molecule has 5 rings (SSSR count). The number of carbonyl (C=O) groups is 2. The molecule has 2 amide bonds. The Hall–Kier alpha value is -4.24. The standard InChI is InChI=1S/C31H36N6O3/c1-5-20-16-33-30(36-28(20)32-17-23-7-6-8-25-27(23)31(3,4)29(40)34-25)35-24-10-9-22(15-19(24)2)21-11-13-37(14-12-21)26(39)18-38/h5-10,15-16,21,38H,1,11-14,17-18H2,2-4H3,(H,34,40)(H2,32,33,35,36). The van der Waals surface area contributed by atoms with Gasteiger partial charge in [-0.25, -0.2) is 4.98 Å². The molecule has 0 atom stereocenters. The molecule has 0 unspecified atom stereocenters. The number of piperidine rings is 1. The van der Waals surface area contributed by atoms with Crippen LogP contribution >= 0.6 is 0 Å². The van der Waals surface area contributed by atoms with Crippen molar-refractivity contribution in [3.8, 4) is 0 Å². The van der Waals surface area contributed by atoms with E-state index in [1.807, 2.05) is 38.1 Å². The first-order chi connectivity index (χ1) is 19.2. The molecule has 9 nitrogen and oxygen atoms in total. The van der Waals surface area contributed by atoms with Crippen molar-refractivity contribution in [1.29, 1.82) is 0 Å². The Kier molecular flexibility index (Phi) is 7.58. The van der Waals surface area contributed by atoms with Crippen molar-refractivity contribution >= 4 is 41.0 Å². The van der Waals surface area contributed by atoms with E-state index < -0.39 is 12.0 Å². The number of aliphatic hydroxyl groups excluding tert-OH is 1. The normalized spacial score (nSPS) is 16.3. The Morgan fingerprint density at radius 1 is 1.25 bits per heavy atom. The minimum atomic E-state index is -0.606. The molecule has 40 heavy (non-hydrogen) atoms. The topological polar surface area (TPSA) is 119 Å². The summed E-state index contributed by atoms with van der Waals surface area (Å²) in [4.78, 5) is 35.2. The number of likely N-dealkylation sites (tertiary alicyclic amines) is 1. The van der Waals surface area contributed by atoms with Crippen LogP contribution in [-0.4, -0.2) is 51.5 Å². The fourth-order valence-corrected chi connectivity index (χ4v) is 5.67. The molecule has 4 N–H and O–H groups in total. The first-order valence-corrected chi connectivity index (χ1v) is 13.6. The fraction of sp³-hybridized carbons (Fsp3) is 0.355. The van der Waals surface area contributed by atoms with Gasteiger partial charge in [-0.3, -0.25) is 9.59 Å². The van der Waals surface area contributed by atoms with Gasteiger partial charge in [-0.1, -0.05) is 36.9 Å². The zero-order valence-corrected chi connectivity index (χ0v) is 23.3. The maximum atomic E-state index is 12.5. The third-order valence-corrected chi connectivity index (χ3v) is 8.03. The van der Waals surface area contributed by atoms with Crippen molar-refractivity contribution in [2.45, 2.75) is 51.5 Å². The second-order valence-electron chi connectivity index (χ2n) is 11.0. The van der Waals surface area contributed by atoms with Crippen LogP contribution in [0.1, 0.15) is 60.4 Å². The molecule has 2 aliphatic rings. The second-order valence-corrected chi connectivity index (χ2v) is 11.0. The molecule has 2 aromatic carbocycles. The Bertz CT molecular complexity index is 1460. The highest BCUT2D eigenvalue weighted by Crippen LogP contribution is 2.40. The maximum absolute atomic E-state index is 12.5. The third-order valence-electron chi connectivity index (χ3n) is 8.03. The first kappa shape index (κ1) is 27.3. The number of amides is 2. The van der Waals surface area contributed by atoms with Gasteiger partial charge in [0.2, 0.25) is 17.8 Å². The highest BCUT2D eigenvalue weighted by molar-refractivity contribution is 6.06. The number of rotatable bonds is 8. The zero-order chi connectivity index (χ0) is 28.4. The Labute approximate surface area is 234 Å². The molecule has 9 heteroatoms. The number of fused-ring (bicyclic) bond motifs is 1. The van der Waals surface area contributed by atoms with Crippen LogP contribution in [0, 0.1) is 6.92 Å². The van der Waals surface area contributed by atoms with Crippen molar-refractivity contribution in [3.05, 3.63) is 77.0 Å². The SMILES string of the molecule is C=Cc1cnc(Nc2ccc(C3CCN(C(=O)CO)CC3)cc2C)nc1NCc1cccc2c1C(C)(C)C(=O)N2. The van der Waals surface area contributed by atoms with Crippen LogP contribution in [0.4, 0.5) is 23.1 Å². The van der Waals surface area contributed by atoms with Crippen LogP contribution in [0.2, 0.25) is 0 Å². The number of aromatic nitrogens is 2. The second kappa shape index (κ2) is 11.1. The number of nitrogens with one attached hydrogen (secondary N) is 3. The number of hydrogen-bond acceptors (Lipinski definition) is 7. The highest BCUT2D eigenvalue weighted by atomic mass is 16.3. The monoisotopic (exact) mass is 540 g/mol. The quantitative estimate of drug-likeness (QED) is 0.327. The summed E-state index contributed by atoms with van der Waals surface area (Å²) >= 11 is 0. The lowest BCUT2D eigenvalue weighted by Crippen LogP contribution is -2.39. The maximum Gasteiger partial charge on any atom is 0.248 e. The van der Waals surface area contributed by atoms with Crippen LogP contribution in [0.5, 0.6) is 0 Å². The summed E-state index contributed by atoms with van der Waals surface area (Å²) in [6.07, 6.45) is 5.21. The van der Waals surface area contributed by atoms with E-state index in [1.165, 1.54) is 5.56 Å². The number of nitrogens with zero attached hydrogens (tertiary/aromatic N) is 3. The molecule has 1 fully saturated rings. The largest absolute Gasteiger partial charge is 0.387 e. The average molecular weight is 541 g/mol. The van der Waals surface area contributed by atoms with Crippen LogP contribution < -0.4 is 16.0 Å².